The second kappa shape index (κ2) is 5.75. The average Bonchev–Trinajstić information content (AvgIpc) is 2.28. The number of hydrogen-bond donors (Lipinski definition) is 0. The van der Waals surface area contributed by atoms with Crippen molar-refractivity contribution in [3.63, 3.8) is 0 Å². The van der Waals surface area contributed by atoms with Crippen LogP contribution in [0.2, 0.25) is 0 Å². The highest BCUT2D eigenvalue weighted by molar-refractivity contribution is 5.06. The van der Waals surface area contributed by atoms with Gasteiger partial charge < -0.3 is 9.47 Å². The molecule has 2 aliphatic rings. The molecule has 0 aromatic heterocycles. The molecule has 1 aliphatic heterocycles. The Morgan fingerprint density at radius 1 is 1.33 bits per heavy atom. The quantitative estimate of drug-likeness (QED) is 0.702. The van der Waals surface area contributed by atoms with Crippen LogP contribution in [0.4, 0.5) is 0 Å². The molecule has 0 N–H and O–H groups in total. The third-order valence-corrected chi connectivity index (χ3v) is 4.26. The van der Waals surface area contributed by atoms with E-state index in [1.165, 1.54) is 24.8 Å². The first-order valence-corrected chi connectivity index (χ1v) is 7.43. The van der Waals surface area contributed by atoms with E-state index in [9.17, 15) is 0 Å². The van der Waals surface area contributed by atoms with Crippen molar-refractivity contribution in [1.29, 1.82) is 0 Å². The van der Waals surface area contributed by atoms with E-state index in [1.807, 2.05) is 0 Å². The molecule has 2 nitrogen and oxygen atoms in total. The van der Waals surface area contributed by atoms with Crippen LogP contribution in [0.25, 0.3) is 0 Å². The molecule has 0 spiro atoms. The molecule has 2 unspecified atom stereocenters. The maximum absolute atomic E-state index is 6.03. The highest BCUT2D eigenvalue weighted by Gasteiger charge is 2.36. The van der Waals surface area contributed by atoms with E-state index >= 15 is 0 Å². The summed E-state index contributed by atoms with van der Waals surface area (Å²) in [4.78, 5) is 0. The summed E-state index contributed by atoms with van der Waals surface area (Å²) < 4.78 is 12.1. The molecule has 0 aromatic rings. The van der Waals surface area contributed by atoms with E-state index in [-0.39, 0.29) is 11.7 Å². The molecule has 104 valence electrons. The standard InChI is InChI=1S/C16H28O2/c1-5-6-16(4)10-17-15(18-11-16)14-8-12(2)7-13(3)9-14/h7,12,14-15H,5-6,8-11H2,1-4H3. The number of ether oxygens (including phenoxy) is 2. The van der Waals surface area contributed by atoms with Gasteiger partial charge >= 0.3 is 0 Å². The van der Waals surface area contributed by atoms with Gasteiger partial charge in [0, 0.05) is 11.3 Å². The minimum absolute atomic E-state index is 0.0287. The largest absolute Gasteiger partial charge is 0.352 e. The van der Waals surface area contributed by atoms with Crippen LogP contribution in [0, 0.1) is 17.3 Å². The van der Waals surface area contributed by atoms with Crippen LogP contribution in [0.3, 0.4) is 0 Å². The van der Waals surface area contributed by atoms with Crippen molar-refractivity contribution in [3.05, 3.63) is 11.6 Å². The van der Waals surface area contributed by atoms with Crippen molar-refractivity contribution in [2.75, 3.05) is 13.2 Å². The van der Waals surface area contributed by atoms with Crippen molar-refractivity contribution in [1.82, 2.24) is 0 Å². The van der Waals surface area contributed by atoms with E-state index in [2.05, 4.69) is 33.8 Å². The maximum Gasteiger partial charge on any atom is 0.160 e. The smallest absolute Gasteiger partial charge is 0.160 e. The van der Waals surface area contributed by atoms with E-state index < -0.39 is 0 Å². The summed E-state index contributed by atoms with van der Waals surface area (Å²) in [6.45, 7) is 10.8. The third kappa shape index (κ3) is 3.36. The van der Waals surface area contributed by atoms with Gasteiger partial charge in [0.15, 0.2) is 6.29 Å². The monoisotopic (exact) mass is 252 g/mol. The zero-order chi connectivity index (χ0) is 13.2. The van der Waals surface area contributed by atoms with Crippen molar-refractivity contribution >= 4 is 0 Å². The Balaban J connectivity index is 1.88. The lowest BCUT2D eigenvalue weighted by Gasteiger charge is -2.41. The summed E-state index contributed by atoms with van der Waals surface area (Å²) in [5.41, 5.74) is 1.73. The van der Waals surface area contributed by atoms with Crippen LogP contribution >= 0.6 is 0 Å². The Bertz CT molecular complexity index is 300. The summed E-state index contributed by atoms with van der Waals surface area (Å²) in [5, 5.41) is 0. The molecule has 0 radical (unpaired) electrons. The van der Waals surface area contributed by atoms with Crippen LogP contribution in [0.5, 0.6) is 0 Å². The summed E-state index contributed by atoms with van der Waals surface area (Å²) in [5.74, 6) is 1.22. The predicted octanol–water partition coefficient (Wildman–Crippen LogP) is 4.16. The van der Waals surface area contributed by atoms with Gasteiger partial charge in [0.25, 0.3) is 0 Å². The zero-order valence-electron chi connectivity index (χ0n) is 12.4. The van der Waals surface area contributed by atoms with E-state index in [0.29, 0.717) is 11.8 Å². The fourth-order valence-electron chi connectivity index (χ4n) is 3.48. The van der Waals surface area contributed by atoms with Gasteiger partial charge in [-0.15, -0.1) is 0 Å². The number of hydrogen-bond acceptors (Lipinski definition) is 2. The van der Waals surface area contributed by atoms with Gasteiger partial charge in [-0.1, -0.05) is 38.8 Å². The first-order chi connectivity index (χ1) is 8.52. The first kappa shape index (κ1) is 14.1. The molecule has 0 saturated carbocycles. The van der Waals surface area contributed by atoms with Crippen molar-refractivity contribution in [2.45, 2.75) is 59.7 Å². The molecule has 0 bridgehead atoms. The van der Waals surface area contributed by atoms with Gasteiger partial charge in [-0.3, -0.25) is 0 Å². The van der Waals surface area contributed by atoms with Crippen LogP contribution < -0.4 is 0 Å². The van der Waals surface area contributed by atoms with Gasteiger partial charge in [-0.2, -0.15) is 0 Å². The van der Waals surface area contributed by atoms with Gasteiger partial charge in [-0.25, -0.2) is 0 Å². The van der Waals surface area contributed by atoms with Crippen LogP contribution in [-0.4, -0.2) is 19.5 Å². The Morgan fingerprint density at radius 2 is 2.00 bits per heavy atom. The maximum atomic E-state index is 6.03. The SMILES string of the molecule is CCCC1(C)COC(C2CC(C)=CC(C)C2)OC1. The number of allylic oxidation sites excluding steroid dienone is 2. The number of rotatable bonds is 3. The minimum atomic E-state index is 0.0287. The first-order valence-electron chi connectivity index (χ1n) is 7.43. The van der Waals surface area contributed by atoms with Crippen LogP contribution in [0.1, 0.15) is 53.4 Å². The molecular formula is C16H28O2. The molecule has 1 saturated heterocycles. The van der Waals surface area contributed by atoms with E-state index in [4.69, 9.17) is 9.47 Å². The summed E-state index contributed by atoms with van der Waals surface area (Å²) in [6, 6.07) is 0. The van der Waals surface area contributed by atoms with Crippen molar-refractivity contribution in [3.8, 4) is 0 Å². The summed E-state index contributed by atoms with van der Waals surface area (Å²) in [7, 11) is 0. The Hall–Kier alpha value is -0.340. The Labute approximate surface area is 112 Å². The topological polar surface area (TPSA) is 18.5 Å². The van der Waals surface area contributed by atoms with Gasteiger partial charge in [0.2, 0.25) is 0 Å². The van der Waals surface area contributed by atoms with Crippen molar-refractivity contribution < 1.29 is 9.47 Å². The minimum Gasteiger partial charge on any atom is -0.352 e. The fraction of sp³-hybridized carbons (Fsp3) is 0.875. The Kier molecular flexibility index (Phi) is 4.50. The second-order valence-electron chi connectivity index (χ2n) is 6.74. The molecule has 2 rings (SSSR count). The average molecular weight is 252 g/mol. The van der Waals surface area contributed by atoms with Crippen molar-refractivity contribution in [2.24, 2.45) is 17.3 Å². The molecular weight excluding hydrogens is 224 g/mol. The van der Waals surface area contributed by atoms with Crippen LogP contribution in [0.15, 0.2) is 11.6 Å². The Morgan fingerprint density at radius 3 is 2.56 bits per heavy atom. The molecule has 18 heavy (non-hydrogen) atoms. The normalized spacial score (nSPS) is 41.6. The molecule has 0 aromatic carbocycles. The van der Waals surface area contributed by atoms with E-state index in [0.717, 1.165) is 19.6 Å². The zero-order valence-corrected chi connectivity index (χ0v) is 12.4. The lowest BCUT2D eigenvalue weighted by Crippen LogP contribution is -2.43. The molecule has 1 heterocycles. The molecule has 1 aliphatic carbocycles. The molecule has 1 fully saturated rings. The second-order valence-corrected chi connectivity index (χ2v) is 6.74. The lowest BCUT2D eigenvalue weighted by molar-refractivity contribution is -0.250. The summed E-state index contributed by atoms with van der Waals surface area (Å²) in [6.07, 6.45) is 7.16. The highest BCUT2D eigenvalue weighted by Crippen LogP contribution is 2.36. The van der Waals surface area contributed by atoms with Gasteiger partial charge in [0.05, 0.1) is 13.2 Å². The molecule has 0 amide bonds. The van der Waals surface area contributed by atoms with Crippen LogP contribution in [-0.2, 0) is 9.47 Å². The molecule has 2 atom stereocenters. The highest BCUT2D eigenvalue weighted by atomic mass is 16.7. The lowest BCUT2D eigenvalue weighted by atomic mass is 9.82. The fourth-order valence-corrected chi connectivity index (χ4v) is 3.48. The third-order valence-electron chi connectivity index (χ3n) is 4.26. The summed E-state index contributed by atoms with van der Waals surface area (Å²) >= 11 is 0. The molecule has 2 heteroatoms. The van der Waals surface area contributed by atoms with Gasteiger partial charge in [-0.05, 0) is 32.1 Å². The predicted molar refractivity (Wildman–Crippen MR) is 74.4 cm³/mol. The van der Waals surface area contributed by atoms with Gasteiger partial charge in [0.1, 0.15) is 0 Å². The van der Waals surface area contributed by atoms with E-state index in [1.54, 1.807) is 0 Å².